The molecule has 0 N–H and O–H groups in total. The highest BCUT2D eigenvalue weighted by Crippen LogP contribution is 2.41. The van der Waals surface area contributed by atoms with Gasteiger partial charge in [0, 0.05) is 19.5 Å². The van der Waals surface area contributed by atoms with Crippen molar-refractivity contribution in [1.82, 2.24) is 4.98 Å². The van der Waals surface area contributed by atoms with E-state index in [1.165, 1.54) is 25.3 Å². The summed E-state index contributed by atoms with van der Waals surface area (Å²) in [6.07, 6.45) is 4.13. The lowest BCUT2D eigenvalue weighted by Gasteiger charge is -2.40. The van der Waals surface area contributed by atoms with E-state index in [2.05, 4.69) is 4.98 Å². The predicted octanol–water partition coefficient (Wildman–Crippen LogP) is 1.02. The molecule has 6 nitrogen and oxygen atoms in total. The van der Waals surface area contributed by atoms with Crippen LogP contribution in [0.1, 0.15) is 19.3 Å². The molecule has 1 aromatic heterocycles. The van der Waals surface area contributed by atoms with Gasteiger partial charge in [-0.1, -0.05) is 0 Å². The lowest BCUT2D eigenvalue weighted by molar-refractivity contribution is -0.122. The Hall–Kier alpha value is -1.63. The van der Waals surface area contributed by atoms with Crippen LogP contribution in [-0.2, 0) is 14.6 Å². The van der Waals surface area contributed by atoms with Crippen LogP contribution in [0, 0.1) is 0 Å². The number of nitrogens with zero attached hydrogens (tertiary/aromatic N) is 2. The van der Waals surface area contributed by atoms with E-state index in [0.29, 0.717) is 24.4 Å². The summed E-state index contributed by atoms with van der Waals surface area (Å²) in [6, 6.07) is 3.37. The third-order valence-corrected chi connectivity index (χ3v) is 5.86. The van der Waals surface area contributed by atoms with Crippen LogP contribution < -0.4 is 9.64 Å². The van der Waals surface area contributed by atoms with E-state index in [9.17, 15) is 13.2 Å². The van der Waals surface area contributed by atoms with E-state index in [1.807, 2.05) is 0 Å². The van der Waals surface area contributed by atoms with Crippen molar-refractivity contribution in [1.29, 1.82) is 0 Å². The Kier molecular flexibility index (Phi) is 3.73. The lowest BCUT2D eigenvalue weighted by atomic mass is 9.83. The minimum absolute atomic E-state index is 0.329. The summed E-state index contributed by atoms with van der Waals surface area (Å²) in [5, 5.41) is 0. The first-order chi connectivity index (χ1) is 9.33. The minimum atomic E-state index is -3.46. The van der Waals surface area contributed by atoms with Crippen molar-refractivity contribution in [2.24, 2.45) is 0 Å². The first-order valence-electron chi connectivity index (χ1n) is 6.30. The highest BCUT2D eigenvalue weighted by atomic mass is 32.2. The van der Waals surface area contributed by atoms with Crippen molar-refractivity contribution in [3.63, 3.8) is 0 Å². The van der Waals surface area contributed by atoms with Gasteiger partial charge in [0.25, 0.3) is 0 Å². The van der Waals surface area contributed by atoms with Gasteiger partial charge in [-0.2, -0.15) is 0 Å². The van der Waals surface area contributed by atoms with Gasteiger partial charge >= 0.3 is 0 Å². The van der Waals surface area contributed by atoms with Crippen LogP contribution in [0.15, 0.2) is 18.3 Å². The summed E-state index contributed by atoms with van der Waals surface area (Å²) in [4.78, 5) is 18.0. The molecule has 0 atom stereocenters. The van der Waals surface area contributed by atoms with Gasteiger partial charge in [0.05, 0.1) is 7.11 Å². The number of hydrogen-bond acceptors (Lipinski definition) is 5. The van der Waals surface area contributed by atoms with Crippen LogP contribution in [0.25, 0.3) is 0 Å². The average molecular weight is 298 g/mol. The van der Waals surface area contributed by atoms with Crippen LogP contribution in [0.3, 0.4) is 0 Å². The van der Waals surface area contributed by atoms with E-state index in [4.69, 9.17) is 4.74 Å². The standard InChI is InChI=1S/C13H18N2O4S/c1-15(11-10(19-2)6-4-9-14-11)12(16)13(7-5-8-13)20(3,17)18/h4,6,9H,5,7-8H2,1-3H3. The first-order valence-corrected chi connectivity index (χ1v) is 8.19. The molecule has 1 aliphatic carbocycles. The summed E-state index contributed by atoms with van der Waals surface area (Å²) in [7, 11) is -0.452. The molecule has 1 fully saturated rings. The second kappa shape index (κ2) is 5.05. The molecular weight excluding hydrogens is 280 g/mol. The van der Waals surface area contributed by atoms with Gasteiger partial charge < -0.3 is 4.74 Å². The number of hydrogen-bond donors (Lipinski definition) is 0. The van der Waals surface area contributed by atoms with Crippen molar-refractivity contribution in [3.05, 3.63) is 18.3 Å². The van der Waals surface area contributed by atoms with E-state index in [-0.39, 0.29) is 0 Å². The molecule has 110 valence electrons. The van der Waals surface area contributed by atoms with Crippen LogP contribution in [0.4, 0.5) is 5.82 Å². The fourth-order valence-electron chi connectivity index (χ4n) is 2.44. The van der Waals surface area contributed by atoms with Crippen LogP contribution >= 0.6 is 0 Å². The highest BCUT2D eigenvalue weighted by Gasteiger charge is 2.54. The van der Waals surface area contributed by atoms with E-state index in [0.717, 1.165) is 12.7 Å². The molecule has 0 radical (unpaired) electrons. The third-order valence-electron chi connectivity index (χ3n) is 3.85. The van der Waals surface area contributed by atoms with Crippen molar-refractivity contribution >= 4 is 21.6 Å². The van der Waals surface area contributed by atoms with E-state index in [1.54, 1.807) is 12.1 Å². The molecule has 0 aromatic carbocycles. The molecular formula is C13H18N2O4S. The quantitative estimate of drug-likeness (QED) is 0.829. The van der Waals surface area contributed by atoms with Crippen molar-refractivity contribution < 1.29 is 17.9 Å². The maximum Gasteiger partial charge on any atom is 0.249 e. The number of sulfone groups is 1. The summed E-state index contributed by atoms with van der Waals surface area (Å²) in [6.45, 7) is 0. The van der Waals surface area contributed by atoms with Gasteiger partial charge in [-0.05, 0) is 31.4 Å². The molecule has 1 heterocycles. The second-order valence-corrected chi connectivity index (χ2v) is 7.34. The molecule has 1 amide bonds. The average Bonchev–Trinajstić information content (AvgIpc) is 2.34. The molecule has 0 unspecified atom stereocenters. The summed E-state index contributed by atoms with van der Waals surface area (Å²) in [5.74, 6) is 0.324. The van der Waals surface area contributed by atoms with E-state index < -0.39 is 20.5 Å². The fourth-order valence-corrected chi connectivity index (χ4v) is 3.92. The number of methoxy groups -OCH3 is 1. The number of anilines is 1. The number of aromatic nitrogens is 1. The normalized spacial score (nSPS) is 17.1. The molecule has 0 spiro atoms. The second-order valence-electron chi connectivity index (χ2n) is 5.01. The number of rotatable bonds is 4. The number of pyridine rings is 1. The van der Waals surface area contributed by atoms with Gasteiger partial charge in [-0.3, -0.25) is 9.69 Å². The van der Waals surface area contributed by atoms with Crippen molar-refractivity contribution in [3.8, 4) is 5.75 Å². The monoisotopic (exact) mass is 298 g/mol. The highest BCUT2D eigenvalue weighted by molar-refractivity contribution is 7.93. The van der Waals surface area contributed by atoms with Gasteiger partial charge in [0.15, 0.2) is 26.2 Å². The largest absolute Gasteiger partial charge is 0.493 e. The SMILES string of the molecule is COc1cccnc1N(C)C(=O)C1(S(C)(=O)=O)CCC1. The summed E-state index contributed by atoms with van der Waals surface area (Å²) in [5.41, 5.74) is 0. The number of ether oxygens (including phenoxy) is 1. The molecule has 1 aromatic rings. The molecule has 2 rings (SSSR count). The Morgan fingerprint density at radius 3 is 2.55 bits per heavy atom. The Labute approximate surface area is 118 Å². The molecule has 7 heteroatoms. The minimum Gasteiger partial charge on any atom is -0.493 e. The lowest BCUT2D eigenvalue weighted by Crippen LogP contribution is -2.57. The first kappa shape index (κ1) is 14.8. The Balaban J connectivity index is 2.38. The van der Waals surface area contributed by atoms with Crippen molar-refractivity contribution in [2.75, 3.05) is 25.3 Å². The third kappa shape index (κ3) is 2.15. The molecule has 0 saturated heterocycles. The van der Waals surface area contributed by atoms with Crippen LogP contribution in [0.5, 0.6) is 5.75 Å². The number of amides is 1. The Morgan fingerprint density at radius 1 is 1.45 bits per heavy atom. The zero-order valence-corrected chi connectivity index (χ0v) is 12.6. The molecule has 20 heavy (non-hydrogen) atoms. The molecule has 0 aliphatic heterocycles. The molecule has 1 saturated carbocycles. The van der Waals surface area contributed by atoms with Gasteiger partial charge in [-0.25, -0.2) is 13.4 Å². The fraction of sp³-hybridized carbons (Fsp3) is 0.538. The van der Waals surface area contributed by atoms with E-state index >= 15 is 0 Å². The van der Waals surface area contributed by atoms with Gasteiger partial charge in [0.2, 0.25) is 5.91 Å². The van der Waals surface area contributed by atoms with Gasteiger partial charge in [0.1, 0.15) is 0 Å². The molecule has 1 aliphatic rings. The molecule has 0 bridgehead atoms. The summed E-state index contributed by atoms with van der Waals surface area (Å²) >= 11 is 0. The van der Waals surface area contributed by atoms with Crippen LogP contribution in [0.2, 0.25) is 0 Å². The summed E-state index contributed by atoms with van der Waals surface area (Å²) < 4.78 is 27.8. The maximum absolute atomic E-state index is 12.6. The van der Waals surface area contributed by atoms with Gasteiger partial charge in [-0.15, -0.1) is 0 Å². The Morgan fingerprint density at radius 2 is 2.10 bits per heavy atom. The number of carbonyl (C=O) groups excluding carboxylic acids is 1. The topological polar surface area (TPSA) is 76.6 Å². The Bertz CT molecular complexity index is 623. The predicted molar refractivity (Wildman–Crippen MR) is 75.6 cm³/mol. The van der Waals surface area contributed by atoms with Crippen molar-refractivity contribution in [2.45, 2.75) is 24.0 Å². The zero-order chi connectivity index (χ0) is 15.0. The maximum atomic E-state index is 12.6. The number of carbonyl (C=O) groups is 1. The zero-order valence-electron chi connectivity index (χ0n) is 11.8. The van der Waals surface area contributed by atoms with Crippen LogP contribution in [-0.4, -0.2) is 44.5 Å². The smallest absolute Gasteiger partial charge is 0.249 e.